The first-order valence-corrected chi connectivity index (χ1v) is 11.0. The van der Waals surface area contributed by atoms with Crippen molar-refractivity contribution in [3.63, 3.8) is 0 Å². The van der Waals surface area contributed by atoms with Gasteiger partial charge in [-0.2, -0.15) is 0 Å². The van der Waals surface area contributed by atoms with E-state index in [0.29, 0.717) is 19.0 Å². The molecule has 4 rings (SSSR count). The molecule has 4 heteroatoms. The third kappa shape index (κ3) is 4.59. The summed E-state index contributed by atoms with van der Waals surface area (Å²) >= 11 is 0. The molecule has 0 saturated carbocycles. The molecule has 2 aromatic rings. The van der Waals surface area contributed by atoms with E-state index in [-0.39, 0.29) is 11.9 Å². The average molecular weight is 394 g/mol. The summed E-state index contributed by atoms with van der Waals surface area (Å²) in [4.78, 5) is 7.22. The lowest BCUT2D eigenvalue weighted by Gasteiger charge is -2.38. The molecule has 1 aromatic carbocycles. The van der Waals surface area contributed by atoms with Gasteiger partial charge in [0.15, 0.2) is 0 Å². The molecular weight excluding hydrogens is 361 g/mol. The molecule has 0 saturated heterocycles. The van der Waals surface area contributed by atoms with Crippen LogP contribution in [0.5, 0.6) is 0 Å². The monoisotopic (exact) mass is 393 g/mol. The van der Waals surface area contributed by atoms with E-state index in [1.54, 1.807) is 0 Å². The highest BCUT2D eigenvalue weighted by Gasteiger charge is 2.30. The first-order chi connectivity index (χ1) is 14.2. The first-order valence-electron chi connectivity index (χ1n) is 11.0. The lowest BCUT2D eigenvalue weighted by atomic mass is 9.89. The molecule has 154 valence electrons. The highest BCUT2D eigenvalue weighted by atomic mass is 19.1. The Hall–Kier alpha value is -2.04. The maximum atomic E-state index is 14.3. The predicted octanol–water partition coefficient (Wildman–Crippen LogP) is 5.13. The van der Waals surface area contributed by atoms with Gasteiger partial charge in [0.25, 0.3) is 0 Å². The molecule has 2 heterocycles. The molecule has 1 aliphatic carbocycles. The van der Waals surface area contributed by atoms with Gasteiger partial charge >= 0.3 is 0 Å². The van der Waals surface area contributed by atoms with Gasteiger partial charge < -0.3 is 5.32 Å². The zero-order valence-electron chi connectivity index (χ0n) is 17.6. The summed E-state index contributed by atoms with van der Waals surface area (Å²) in [6, 6.07) is 13.6. The Bertz CT molecular complexity index is 876. The normalized spacial score (nSPS) is 22.1. The molecule has 1 aromatic heterocycles. The molecule has 1 aliphatic heterocycles. The van der Waals surface area contributed by atoms with Crippen LogP contribution in [0.1, 0.15) is 61.5 Å². The van der Waals surface area contributed by atoms with Crippen molar-refractivity contribution in [1.82, 2.24) is 15.2 Å². The van der Waals surface area contributed by atoms with Crippen LogP contribution in [0, 0.1) is 0 Å². The molecule has 2 aliphatic rings. The minimum Gasteiger partial charge on any atom is -0.308 e. The Kier molecular flexibility index (Phi) is 6.41. The fourth-order valence-electron chi connectivity index (χ4n) is 4.87. The Morgan fingerprint density at radius 2 is 1.97 bits per heavy atom. The molecule has 0 spiro atoms. The maximum Gasteiger partial charge on any atom is 0.0998 e. The highest BCUT2D eigenvalue weighted by molar-refractivity contribution is 5.30. The molecule has 0 radical (unpaired) electrons. The number of pyridine rings is 1. The first kappa shape index (κ1) is 20.2. The van der Waals surface area contributed by atoms with Gasteiger partial charge in [0.05, 0.1) is 17.6 Å². The molecule has 2 atom stereocenters. The SMILES string of the molecule is CC/C(F)=C(/C)CN(C[C@H]1Cc2ccccc2CN1)[C@H]1CCCc2cccnc21. The third-order valence-corrected chi connectivity index (χ3v) is 6.44. The summed E-state index contributed by atoms with van der Waals surface area (Å²) in [5.74, 6) is 0.0222. The van der Waals surface area contributed by atoms with E-state index in [1.807, 2.05) is 26.1 Å². The van der Waals surface area contributed by atoms with E-state index in [4.69, 9.17) is 4.98 Å². The van der Waals surface area contributed by atoms with Crippen molar-refractivity contribution in [3.05, 3.63) is 76.4 Å². The van der Waals surface area contributed by atoms with Crippen LogP contribution in [-0.4, -0.2) is 29.0 Å². The van der Waals surface area contributed by atoms with Crippen LogP contribution in [-0.2, 0) is 19.4 Å². The number of nitrogens with one attached hydrogen (secondary N) is 1. The second-order valence-electron chi connectivity index (χ2n) is 8.47. The Morgan fingerprint density at radius 1 is 1.17 bits per heavy atom. The summed E-state index contributed by atoms with van der Waals surface area (Å²) in [7, 11) is 0. The zero-order valence-corrected chi connectivity index (χ0v) is 17.6. The summed E-state index contributed by atoms with van der Waals surface area (Å²) in [6.45, 7) is 6.31. The van der Waals surface area contributed by atoms with Gasteiger partial charge in [-0.15, -0.1) is 0 Å². The number of nitrogens with zero attached hydrogens (tertiary/aromatic N) is 2. The molecule has 0 fully saturated rings. The van der Waals surface area contributed by atoms with E-state index in [9.17, 15) is 4.39 Å². The van der Waals surface area contributed by atoms with Crippen molar-refractivity contribution < 1.29 is 4.39 Å². The lowest BCUT2D eigenvalue weighted by Crippen LogP contribution is -2.47. The van der Waals surface area contributed by atoms with Gasteiger partial charge in [-0.3, -0.25) is 9.88 Å². The second-order valence-corrected chi connectivity index (χ2v) is 8.47. The van der Waals surface area contributed by atoms with Crippen molar-refractivity contribution in [3.8, 4) is 0 Å². The summed E-state index contributed by atoms with van der Waals surface area (Å²) in [5.41, 5.74) is 6.23. The number of aromatic nitrogens is 1. The molecule has 29 heavy (non-hydrogen) atoms. The van der Waals surface area contributed by atoms with Crippen LogP contribution in [0.2, 0.25) is 0 Å². The number of fused-ring (bicyclic) bond motifs is 2. The van der Waals surface area contributed by atoms with E-state index in [0.717, 1.165) is 37.9 Å². The molecule has 0 bridgehead atoms. The Balaban J connectivity index is 1.58. The summed E-state index contributed by atoms with van der Waals surface area (Å²) in [6.07, 6.45) is 6.75. The van der Waals surface area contributed by atoms with Gasteiger partial charge in [-0.05, 0) is 67.4 Å². The predicted molar refractivity (Wildman–Crippen MR) is 116 cm³/mol. The van der Waals surface area contributed by atoms with Crippen molar-refractivity contribution in [2.75, 3.05) is 13.1 Å². The minimum absolute atomic E-state index is 0.0222. The Labute approximate surface area is 174 Å². The topological polar surface area (TPSA) is 28.2 Å². The van der Waals surface area contributed by atoms with Gasteiger partial charge in [0.2, 0.25) is 0 Å². The third-order valence-electron chi connectivity index (χ3n) is 6.44. The van der Waals surface area contributed by atoms with Crippen LogP contribution in [0.4, 0.5) is 4.39 Å². The quantitative estimate of drug-likeness (QED) is 0.737. The molecule has 0 unspecified atom stereocenters. The Morgan fingerprint density at radius 3 is 2.79 bits per heavy atom. The van der Waals surface area contributed by atoms with Gasteiger partial charge in [0.1, 0.15) is 0 Å². The van der Waals surface area contributed by atoms with Crippen LogP contribution in [0.25, 0.3) is 0 Å². The minimum atomic E-state index is 0.0222. The number of aryl methyl sites for hydroxylation is 1. The number of hydrogen-bond acceptors (Lipinski definition) is 3. The largest absolute Gasteiger partial charge is 0.308 e. The molecule has 1 N–H and O–H groups in total. The van der Waals surface area contributed by atoms with Crippen LogP contribution < -0.4 is 5.32 Å². The number of hydrogen-bond donors (Lipinski definition) is 1. The summed E-state index contributed by atoms with van der Waals surface area (Å²) in [5, 5.41) is 3.71. The van der Waals surface area contributed by atoms with E-state index in [1.165, 1.54) is 28.8 Å². The zero-order chi connectivity index (χ0) is 20.2. The fourth-order valence-corrected chi connectivity index (χ4v) is 4.87. The molecule has 0 amide bonds. The van der Waals surface area contributed by atoms with Gasteiger partial charge in [-0.25, -0.2) is 4.39 Å². The summed E-state index contributed by atoms with van der Waals surface area (Å²) < 4.78 is 14.3. The number of benzene rings is 1. The number of rotatable bonds is 6. The number of halogens is 1. The average Bonchev–Trinajstić information content (AvgIpc) is 2.77. The van der Waals surface area contributed by atoms with E-state index < -0.39 is 0 Å². The van der Waals surface area contributed by atoms with Crippen LogP contribution in [0.3, 0.4) is 0 Å². The van der Waals surface area contributed by atoms with Crippen LogP contribution in [0.15, 0.2) is 54.0 Å². The fraction of sp³-hybridized carbons (Fsp3) is 0.480. The van der Waals surface area contributed by atoms with Crippen molar-refractivity contribution >= 4 is 0 Å². The number of allylic oxidation sites excluding steroid dienone is 1. The van der Waals surface area contributed by atoms with Crippen molar-refractivity contribution in [2.45, 2.75) is 64.6 Å². The van der Waals surface area contributed by atoms with Crippen LogP contribution >= 0.6 is 0 Å². The standard InChI is InChI=1S/C25H32FN3/c1-3-23(26)18(2)16-29(24-12-6-10-19-11-7-13-27-25(19)24)17-22-14-20-8-4-5-9-21(20)15-28-22/h4-5,7-9,11,13,22,24,28H,3,6,10,12,14-17H2,1-2H3/b23-18+/t22-,24+/m1/s1. The molecular formula is C25H32FN3. The van der Waals surface area contributed by atoms with Crippen molar-refractivity contribution in [1.29, 1.82) is 0 Å². The maximum absolute atomic E-state index is 14.3. The lowest BCUT2D eigenvalue weighted by molar-refractivity contribution is 0.165. The van der Waals surface area contributed by atoms with Gasteiger partial charge in [-0.1, -0.05) is 37.3 Å². The second kappa shape index (κ2) is 9.19. The smallest absolute Gasteiger partial charge is 0.0998 e. The van der Waals surface area contributed by atoms with Crippen molar-refractivity contribution in [2.24, 2.45) is 0 Å². The van der Waals surface area contributed by atoms with E-state index in [2.05, 4.69) is 40.5 Å². The highest BCUT2D eigenvalue weighted by Crippen LogP contribution is 2.34. The van der Waals surface area contributed by atoms with Gasteiger partial charge in [0, 0.05) is 31.9 Å². The van der Waals surface area contributed by atoms with E-state index >= 15 is 0 Å². The molecule has 3 nitrogen and oxygen atoms in total.